The highest BCUT2D eigenvalue weighted by atomic mass is 19.4. The minimum absolute atomic E-state index is 0.0496. The molecule has 0 saturated heterocycles. The maximum absolute atomic E-state index is 13.2. The van der Waals surface area contributed by atoms with Gasteiger partial charge in [0.1, 0.15) is 11.5 Å². The van der Waals surface area contributed by atoms with Crippen molar-refractivity contribution in [2.75, 3.05) is 11.4 Å². The molecule has 0 fully saturated rings. The van der Waals surface area contributed by atoms with Gasteiger partial charge in [-0.1, -0.05) is 18.2 Å². The third-order valence-corrected chi connectivity index (χ3v) is 5.35. The molecule has 2 aromatic carbocycles. The first-order valence-electron chi connectivity index (χ1n) is 10.2. The molecule has 0 radical (unpaired) electrons. The first kappa shape index (κ1) is 22.4. The van der Waals surface area contributed by atoms with E-state index in [1.807, 2.05) is 13.0 Å². The molecule has 170 valence electrons. The zero-order chi connectivity index (χ0) is 23.6. The van der Waals surface area contributed by atoms with E-state index in [4.69, 9.17) is 0 Å². The van der Waals surface area contributed by atoms with E-state index in [0.717, 1.165) is 22.7 Å². The molecular formula is C24H20F4N4O. The number of alkyl halides is 3. The lowest BCUT2D eigenvalue weighted by atomic mass is 10.1. The highest BCUT2D eigenvalue weighted by Gasteiger charge is 2.32. The molecule has 5 nitrogen and oxygen atoms in total. The average Bonchev–Trinajstić information content (AvgIpc) is 3.15. The van der Waals surface area contributed by atoms with Crippen LogP contribution < -0.4 is 4.90 Å². The molecule has 4 rings (SSSR count). The molecule has 1 amide bonds. The number of carbonyl (C=O) groups is 1. The molecule has 0 aliphatic heterocycles. The Morgan fingerprint density at radius 1 is 1.03 bits per heavy atom. The van der Waals surface area contributed by atoms with E-state index in [1.165, 1.54) is 24.4 Å². The van der Waals surface area contributed by atoms with Gasteiger partial charge in [0.05, 0.1) is 11.9 Å². The molecule has 0 atom stereocenters. The van der Waals surface area contributed by atoms with Crippen molar-refractivity contribution in [3.8, 4) is 0 Å². The van der Waals surface area contributed by atoms with Crippen LogP contribution in [0.5, 0.6) is 0 Å². The summed E-state index contributed by atoms with van der Waals surface area (Å²) in [5.74, 6) is -0.610. The van der Waals surface area contributed by atoms with Gasteiger partial charge in [-0.3, -0.25) is 14.9 Å². The third-order valence-electron chi connectivity index (χ3n) is 5.35. The van der Waals surface area contributed by atoms with Crippen LogP contribution >= 0.6 is 0 Å². The quantitative estimate of drug-likeness (QED) is 0.404. The van der Waals surface area contributed by atoms with Crippen LogP contribution in [0.15, 0.2) is 60.8 Å². The Bertz CT molecular complexity index is 1260. The van der Waals surface area contributed by atoms with E-state index in [0.29, 0.717) is 23.2 Å². The number of nitrogens with one attached hydrogen (secondary N) is 1. The number of halogens is 4. The molecule has 0 aliphatic rings. The monoisotopic (exact) mass is 456 g/mol. The van der Waals surface area contributed by atoms with Crippen LogP contribution in [-0.4, -0.2) is 27.6 Å². The van der Waals surface area contributed by atoms with Gasteiger partial charge >= 0.3 is 6.18 Å². The largest absolute Gasteiger partial charge is 0.433 e. The van der Waals surface area contributed by atoms with Crippen LogP contribution in [0.3, 0.4) is 0 Å². The van der Waals surface area contributed by atoms with Crippen molar-refractivity contribution in [3.05, 3.63) is 89.1 Å². The zero-order valence-electron chi connectivity index (χ0n) is 17.7. The molecule has 0 aliphatic carbocycles. The summed E-state index contributed by atoms with van der Waals surface area (Å²) in [5, 5.41) is 7.96. The molecule has 0 saturated carbocycles. The third kappa shape index (κ3) is 5.19. The Kier molecular flexibility index (Phi) is 6.13. The average molecular weight is 456 g/mol. The van der Waals surface area contributed by atoms with Crippen LogP contribution in [-0.2, 0) is 23.8 Å². The summed E-state index contributed by atoms with van der Waals surface area (Å²) in [7, 11) is 0. The Balaban J connectivity index is 1.59. The Labute approximate surface area is 187 Å². The van der Waals surface area contributed by atoms with E-state index in [1.54, 1.807) is 29.2 Å². The number of H-pyrrole nitrogens is 1. The summed E-state index contributed by atoms with van der Waals surface area (Å²) in [5.41, 5.74) is 2.51. The number of hydrogen-bond donors (Lipinski definition) is 1. The van der Waals surface area contributed by atoms with Crippen molar-refractivity contribution >= 4 is 22.5 Å². The zero-order valence-corrected chi connectivity index (χ0v) is 17.7. The molecule has 0 bridgehead atoms. The Hall–Kier alpha value is -3.75. The minimum atomic E-state index is -4.51. The summed E-state index contributed by atoms with van der Waals surface area (Å²) in [4.78, 5) is 18.3. The molecule has 2 heterocycles. The van der Waals surface area contributed by atoms with Crippen molar-refractivity contribution in [2.24, 2.45) is 0 Å². The van der Waals surface area contributed by atoms with Gasteiger partial charge in [-0.2, -0.15) is 18.3 Å². The molecule has 4 aromatic rings. The predicted molar refractivity (Wildman–Crippen MR) is 116 cm³/mol. The second-order valence-corrected chi connectivity index (χ2v) is 7.70. The van der Waals surface area contributed by atoms with Crippen molar-refractivity contribution in [1.82, 2.24) is 15.2 Å². The SMILES string of the molecule is Cc1[nH]nc2ccc(N(CCc3ccc(C(F)(F)F)nc3)C(=O)Cc3ccc(F)cc3)cc12. The number of fused-ring (bicyclic) bond motifs is 1. The minimum Gasteiger partial charge on any atom is -0.312 e. The lowest BCUT2D eigenvalue weighted by Crippen LogP contribution is -2.34. The number of hydrogen-bond acceptors (Lipinski definition) is 3. The Morgan fingerprint density at radius 2 is 1.76 bits per heavy atom. The number of aromatic amines is 1. The topological polar surface area (TPSA) is 61.9 Å². The first-order chi connectivity index (χ1) is 15.7. The number of pyridine rings is 1. The fourth-order valence-electron chi connectivity index (χ4n) is 3.55. The molecule has 9 heteroatoms. The molecule has 2 aromatic heterocycles. The molecule has 0 unspecified atom stereocenters. The summed E-state index contributed by atoms with van der Waals surface area (Å²) in [6, 6.07) is 13.4. The number of rotatable bonds is 6. The van der Waals surface area contributed by atoms with Gasteiger partial charge in [-0.15, -0.1) is 0 Å². The van der Waals surface area contributed by atoms with Gasteiger partial charge in [-0.25, -0.2) is 4.39 Å². The standard InChI is InChI=1S/C24H20F4N4O/c1-15-20-13-19(7-8-21(20)31-30-15)32(23(33)12-16-2-5-18(25)6-3-16)11-10-17-4-9-22(29-14-17)24(26,27)28/h2-9,13-14H,10-12H2,1H3,(H,30,31). The number of amides is 1. The summed E-state index contributed by atoms with van der Waals surface area (Å²) in [6.45, 7) is 2.10. The normalized spacial score (nSPS) is 11.7. The fraction of sp³-hybridized carbons (Fsp3) is 0.208. The predicted octanol–water partition coefficient (Wildman–Crippen LogP) is 5.24. The van der Waals surface area contributed by atoms with E-state index in [-0.39, 0.29) is 18.9 Å². The van der Waals surface area contributed by atoms with Crippen LogP contribution in [0.1, 0.15) is 22.5 Å². The Morgan fingerprint density at radius 3 is 2.42 bits per heavy atom. The van der Waals surface area contributed by atoms with E-state index in [9.17, 15) is 22.4 Å². The van der Waals surface area contributed by atoms with Crippen molar-refractivity contribution in [3.63, 3.8) is 0 Å². The second kappa shape index (κ2) is 9.01. The van der Waals surface area contributed by atoms with Gasteiger partial charge in [0, 0.05) is 29.5 Å². The molecular weight excluding hydrogens is 436 g/mol. The first-order valence-corrected chi connectivity index (χ1v) is 10.2. The van der Waals surface area contributed by atoms with Crippen LogP contribution in [0.25, 0.3) is 10.9 Å². The van der Waals surface area contributed by atoms with Crippen molar-refractivity contribution in [1.29, 1.82) is 0 Å². The van der Waals surface area contributed by atoms with Crippen LogP contribution in [0, 0.1) is 12.7 Å². The number of aryl methyl sites for hydroxylation is 1. The van der Waals surface area contributed by atoms with Crippen LogP contribution in [0.4, 0.5) is 23.2 Å². The second-order valence-electron chi connectivity index (χ2n) is 7.70. The summed E-state index contributed by atoms with van der Waals surface area (Å²) in [6.07, 6.45) is -2.97. The number of carbonyl (C=O) groups excluding carboxylic acids is 1. The lowest BCUT2D eigenvalue weighted by Gasteiger charge is -2.23. The highest BCUT2D eigenvalue weighted by Crippen LogP contribution is 2.28. The lowest BCUT2D eigenvalue weighted by molar-refractivity contribution is -0.141. The number of benzene rings is 2. The molecule has 1 N–H and O–H groups in total. The summed E-state index contributed by atoms with van der Waals surface area (Å²) >= 11 is 0. The van der Waals surface area contributed by atoms with Gasteiger partial charge in [0.2, 0.25) is 5.91 Å². The van der Waals surface area contributed by atoms with Crippen molar-refractivity contribution in [2.45, 2.75) is 25.9 Å². The van der Waals surface area contributed by atoms with Gasteiger partial charge < -0.3 is 4.90 Å². The highest BCUT2D eigenvalue weighted by molar-refractivity contribution is 5.97. The summed E-state index contributed by atoms with van der Waals surface area (Å²) < 4.78 is 51.6. The van der Waals surface area contributed by atoms with Gasteiger partial charge in [0.15, 0.2) is 0 Å². The maximum atomic E-state index is 13.2. The smallest absolute Gasteiger partial charge is 0.312 e. The fourth-order valence-corrected chi connectivity index (χ4v) is 3.55. The number of aromatic nitrogens is 3. The van der Waals surface area contributed by atoms with Crippen LogP contribution in [0.2, 0.25) is 0 Å². The van der Waals surface area contributed by atoms with Gasteiger partial charge in [-0.05, 0) is 60.9 Å². The van der Waals surface area contributed by atoms with E-state index in [2.05, 4.69) is 15.2 Å². The van der Waals surface area contributed by atoms with Gasteiger partial charge in [0.25, 0.3) is 0 Å². The maximum Gasteiger partial charge on any atom is 0.433 e. The van der Waals surface area contributed by atoms with E-state index >= 15 is 0 Å². The number of nitrogens with zero attached hydrogens (tertiary/aromatic N) is 3. The number of anilines is 1. The van der Waals surface area contributed by atoms with Crippen molar-refractivity contribution < 1.29 is 22.4 Å². The molecule has 33 heavy (non-hydrogen) atoms. The molecule has 0 spiro atoms. The van der Waals surface area contributed by atoms with E-state index < -0.39 is 17.7 Å².